The zero-order chi connectivity index (χ0) is 19.9. The van der Waals surface area contributed by atoms with Gasteiger partial charge in [0.2, 0.25) is 10.0 Å². The summed E-state index contributed by atoms with van der Waals surface area (Å²) in [4.78, 5) is 15.7. The van der Waals surface area contributed by atoms with Gasteiger partial charge < -0.3 is 4.90 Å². The summed E-state index contributed by atoms with van der Waals surface area (Å²) in [6.45, 7) is 3.21. The average molecular weight is 423 g/mol. The zero-order valence-corrected chi connectivity index (χ0v) is 17.4. The van der Waals surface area contributed by atoms with Gasteiger partial charge in [0.1, 0.15) is 10.7 Å². The van der Waals surface area contributed by atoms with E-state index in [4.69, 9.17) is 0 Å². The van der Waals surface area contributed by atoms with Crippen LogP contribution >= 0.6 is 11.3 Å². The average Bonchev–Trinajstić information content (AvgIpc) is 3.10. The monoisotopic (exact) mass is 422 g/mol. The van der Waals surface area contributed by atoms with Crippen molar-refractivity contribution in [3.63, 3.8) is 0 Å². The molecule has 1 saturated heterocycles. The first-order valence-corrected chi connectivity index (χ1v) is 11.8. The lowest BCUT2D eigenvalue weighted by molar-refractivity contribution is 0.0697. The Morgan fingerprint density at radius 3 is 2.61 bits per heavy atom. The van der Waals surface area contributed by atoms with E-state index in [1.807, 2.05) is 5.38 Å². The van der Waals surface area contributed by atoms with Crippen molar-refractivity contribution < 1.29 is 17.6 Å². The Labute approximate surface area is 168 Å². The fraction of sp³-hybridized carbons (Fsp3) is 0.450. The molecule has 1 aromatic carbocycles. The Balaban J connectivity index is 1.46. The molecule has 0 bridgehead atoms. The number of sulfonamides is 1. The molecule has 2 aliphatic rings. The van der Waals surface area contributed by atoms with Gasteiger partial charge in [-0.2, -0.15) is 4.31 Å². The minimum atomic E-state index is -3.89. The highest BCUT2D eigenvalue weighted by molar-refractivity contribution is 7.89. The Kier molecular flexibility index (Phi) is 5.28. The third-order valence-corrected chi connectivity index (χ3v) is 8.60. The van der Waals surface area contributed by atoms with Crippen molar-refractivity contribution >= 4 is 27.3 Å². The van der Waals surface area contributed by atoms with Crippen molar-refractivity contribution in [3.8, 4) is 0 Å². The van der Waals surface area contributed by atoms with Crippen LogP contribution in [0.1, 0.15) is 34.1 Å². The summed E-state index contributed by atoms with van der Waals surface area (Å²) in [5, 5.41) is 1.95. The molecule has 1 atom stereocenters. The molecular formula is C20H23FN2O3S2. The fourth-order valence-electron chi connectivity index (χ4n) is 3.95. The van der Waals surface area contributed by atoms with Crippen molar-refractivity contribution in [2.45, 2.75) is 31.1 Å². The van der Waals surface area contributed by atoms with Crippen molar-refractivity contribution in [2.24, 2.45) is 5.92 Å². The molecule has 1 aliphatic heterocycles. The number of carbonyl (C=O) groups is 1. The Bertz CT molecular complexity index is 995. The van der Waals surface area contributed by atoms with E-state index in [2.05, 4.69) is 6.92 Å². The zero-order valence-electron chi connectivity index (χ0n) is 15.7. The maximum Gasteiger partial charge on any atom is 0.255 e. The topological polar surface area (TPSA) is 57.7 Å². The van der Waals surface area contributed by atoms with Gasteiger partial charge in [-0.3, -0.25) is 4.79 Å². The molecule has 2 heterocycles. The molecule has 8 heteroatoms. The summed E-state index contributed by atoms with van der Waals surface area (Å²) >= 11 is 1.66. The third kappa shape index (κ3) is 3.49. The van der Waals surface area contributed by atoms with Gasteiger partial charge in [-0.1, -0.05) is 19.1 Å². The second-order valence-corrected chi connectivity index (χ2v) is 10.4. The number of rotatable bonds is 3. The lowest BCUT2D eigenvalue weighted by Gasteiger charge is -2.34. The first-order valence-electron chi connectivity index (χ1n) is 9.51. The maximum atomic E-state index is 13.9. The Hall–Kier alpha value is -1.77. The number of fused-ring (bicyclic) bond motifs is 1. The molecule has 0 saturated carbocycles. The number of piperazine rings is 1. The second kappa shape index (κ2) is 7.57. The van der Waals surface area contributed by atoms with Crippen LogP contribution in [-0.2, 0) is 22.9 Å². The van der Waals surface area contributed by atoms with Crippen LogP contribution in [0.25, 0.3) is 0 Å². The van der Waals surface area contributed by atoms with Crippen LogP contribution in [-0.4, -0.2) is 49.7 Å². The standard InChI is InChI=1S/C20H23FN2O3S2/c1-14-6-7-15-16(13-27-18(15)12-14)20(24)22-8-10-23(11-9-22)28(25,26)19-5-3-2-4-17(19)21/h2-5,13-14H,6-12H2,1H3/t14-/m1/s1. The molecule has 0 spiro atoms. The third-order valence-electron chi connectivity index (χ3n) is 5.61. The van der Waals surface area contributed by atoms with E-state index >= 15 is 0 Å². The lowest BCUT2D eigenvalue weighted by atomic mass is 9.88. The molecule has 1 fully saturated rings. The van der Waals surface area contributed by atoms with E-state index in [-0.39, 0.29) is 23.9 Å². The fourth-order valence-corrected chi connectivity index (χ4v) is 6.68. The van der Waals surface area contributed by atoms with Gasteiger partial charge in [-0.05, 0) is 42.9 Å². The predicted molar refractivity (Wildman–Crippen MR) is 107 cm³/mol. The normalized spacial score (nSPS) is 20.8. The summed E-state index contributed by atoms with van der Waals surface area (Å²) in [6.07, 6.45) is 3.06. The minimum Gasteiger partial charge on any atom is -0.336 e. The van der Waals surface area contributed by atoms with Crippen LogP contribution in [0.15, 0.2) is 34.5 Å². The highest BCUT2D eigenvalue weighted by Gasteiger charge is 2.33. The van der Waals surface area contributed by atoms with Gasteiger partial charge in [0.05, 0.1) is 5.56 Å². The molecular weight excluding hydrogens is 399 g/mol. The van der Waals surface area contributed by atoms with Crippen molar-refractivity contribution in [2.75, 3.05) is 26.2 Å². The van der Waals surface area contributed by atoms with Crippen LogP contribution in [0.4, 0.5) is 4.39 Å². The summed E-state index contributed by atoms with van der Waals surface area (Å²) in [5.74, 6) is -0.114. The molecule has 150 valence electrons. The van der Waals surface area contributed by atoms with Gasteiger partial charge in [0.15, 0.2) is 0 Å². The van der Waals surface area contributed by atoms with Gasteiger partial charge >= 0.3 is 0 Å². The quantitative estimate of drug-likeness (QED) is 0.764. The number of halogens is 1. The summed E-state index contributed by atoms with van der Waals surface area (Å²) in [6, 6.07) is 5.40. The second-order valence-electron chi connectivity index (χ2n) is 7.53. The van der Waals surface area contributed by atoms with Crippen LogP contribution < -0.4 is 0 Å². The molecule has 4 rings (SSSR count). The number of amides is 1. The number of carbonyl (C=O) groups excluding carboxylic acids is 1. The minimum absolute atomic E-state index is 0.0185. The highest BCUT2D eigenvalue weighted by Crippen LogP contribution is 2.33. The highest BCUT2D eigenvalue weighted by atomic mass is 32.2. The van der Waals surface area contributed by atoms with E-state index in [1.54, 1.807) is 16.2 Å². The predicted octanol–water partition coefficient (Wildman–Crippen LogP) is 3.16. The molecule has 0 N–H and O–H groups in total. The Morgan fingerprint density at radius 2 is 1.89 bits per heavy atom. The first-order chi connectivity index (χ1) is 13.4. The van der Waals surface area contributed by atoms with Gasteiger partial charge in [0, 0.05) is 36.4 Å². The van der Waals surface area contributed by atoms with Gasteiger partial charge in [0.25, 0.3) is 5.91 Å². The molecule has 28 heavy (non-hydrogen) atoms. The van der Waals surface area contributed by atoms with E-state index in [0.29, 0.717) is 19.0 Å². The summed E-state index contributed by atoms with van der Waals surface area (Å²) in [5.41, 5.74) is 1.95. The number of thiophene rings is 1. The Morgan fingerprint density at radius 1 is 1.18 bits per heavy atom. The molecule has 0 unspecified atom stereocenters. The van der Waals surface area contributed by atoms with E-state index in [0.717, 1.165) is 30.9 Å². The van der Waals surface area contributed by atoms with E-state index in [9.17, 15) is 17.6 Å². The molecule has 2 aromatic rings. The van der Waals surface area contributed by atoms with Crippen LogP contribution in [0.5, 0.6) is 0 Å². The number of benzene rings is 1. The molecule has 1 aliphatic carbocycles. The first kappa shape index (κ1) is 19.5. The molecule has 1 amide bonds. The smallest absolute Gasteiger partial charge is 0.255 e. The summed E-state index contributed by atoms with van der Waals surface area (Å²) < 4.78 is 40.7. The number of hydrogen-bond donors (Lipinski definition) is 0. The van der Waals surface area contributed by atoms with E-state index in [1.165, 1.54) is 32.9 Å². The largest absolute Gasteiger partial charge is 0.336 e. The van der Waals surface area contributed by atoms with Crippen molar-refractivity contribution in [1.82, 2.24) is 9.21 Å². The van der Waals surface area contributed by atoms with Gasteiger partial charge in [-0.25, -0.2) is 12.8 Å². The van der Waals surface area contributed by atoms with Crippen molar-refractivity contribution in [3.05, 3.63) is 51.5 Å². The van der Waals surface area contributed by atoms with Crippen molar-refractivity contribution in [1.29, 1.82) is 0 Å². The lowest BCUT2D eigenvalue weighted by Crippen LogP contribution is -2.50. The number of nitrogens with zero attached hydrogens (tertiary/aromatic N) is 2. The molecule has 0 radical (unpaired) electrons. The van der Waals surface area contributed by atoms with E-state index < -0.39 is 15.8 Å². The summed E-state index contributed by atoms with van der Waals surface area (Å²) in [7, 11) is -3.89. The van der Waals surface area contributed by atoms with Crippen LogP contribution in [0.3, 0.4) is 0 Å². The molecule has 5 nitrogen and oxygen atoms in total. The van der Waals surface area contributed by atoms with Gasteiger partial charge in [-0.15, -0.1) is 11.3 Å². The SMILES string of the molecule is C[C@@H]1CCc2c(C(=O)N3CCN(S(=O)(=O)c4ccccc4F)CC3)csc2C1. The van der Waals surface area contributed by atoms with Crippen LogP contribution in [0, 0.1) is 11.7 Å². The maximum absolute atomic E-state index is 13.9. The number of hydrogen-bond acceptors (Lipinski definition) is 4. The van der Waals surface area contributed by atoms with Crippen LogP contribution in [0.2, 0.25) is 0 Å². The molecule has 1 aromatic heterocycles.